The Morgan fingerprint density at radius 2 is 1.59 bits per heavy atom. The number of carbonyl (C=O) groups is 2. The van der Waals surface area contributed by atoms with Crippen LogP contribution in [0.25, 0.3) is 0 Å². The van der Waals surface area contributed by atoms with Gasteiger partial charge in [0.1, 0.15) is 11.6 Å². The second-order valence-corrected chi connectivity index (χ2v) is 7.53. The highest BCUT2D eigenvalue weighted by atomic mass is 16.1. The molecule has 0 aromatic rings. The molecule has 3 nitrogen and oxygen atoms in total. The van der Waals surface area contributed by atoms with Gasteiger partial charge in [-0.2, -0.15) is 0 Å². The van der Waals surface area contributed by atoms with Gasteiger partial charge in [0.15, 0.2) is 0 Å². The topological polar surface area (TPSA) is 37.4 Å². The highest BCUT2D eigenvalue weighted by Crippen LogP contribution is 2.34. The number of Topliss-reactive ketones (excluding diaryl/α,β-unsaturated/α-hetero) is 2. The molecule has 126 valence electrons. The largest absolute Gasteiger partial charge is 0.303 e. The maximum absolute atomic E-state index is 12.6. The fourth-order valence-electron chi connectivity index (χ4n) is 4.13. The van der Waals surface area contributed by atoms with Crippen molar-refractivity contribution in [2.75, 3.05) is 19.6 Å². The zero-order valence-corrected chi connectivity index (χ0v) is 14.5. The monoisotopic (exact) mass is 307 g/mol. The lowest BCUT2D eigenvalue weighted by Gasteiger charge is -2.31. The van der Waals surface area contributed by atoms with E-state index in [4.69, 9.17) is 0 Å². The summed E-state index contributed by atoms with van der Waals surface area (Å²) in [6.45, 7) is 7.39. The van der Waals surface area contributed by atoms with Crippen molar-refractivity contribution in [1.29, 1.82) is 0 Å². The van der Waals surface area contributed by atoms with Crippen molar-refractivity contribution >= 4 is 11.6 Å². The van der Waals surface area contributed by atoms with Crippen molar-refractivity contribution in [3.8, 4) is 0 Å². The van der Waals surface area contributed by atoms with Gasteiger partial charge in [-0.25, -0.2) is 0 Å². The first-order valence-corrected chi connectivity index (χ1v) is 9.38. The normalized spacial score (nSPS) is 27.0. The average Bonchev–Trinajstić information content (AvgIpc) is 2.55. The number of nitrogens with zero attached hydrogens (tertiary/aromatic N) is 1. The molecule has 1 saturated heterocycles. The van der Waals surface area contributed by atoms with E-state index in [1.165, 1.54) is 32.4 Å². The van der Waals surface area contributed by atoms with Gasteiger partial charge in [0.25, 0.3) is 0 Å². The summed E-state index contributed by atoms with van der Waals surface area (Å²) in [6, 6.07) is 0. The van der Waals surface area contributed by atoms with Crippen LogP contribution < -0.4 is 0 Å². The van der Waals surface area contributed by atoms with Crippen molar-refractivity contribution in [3.63, 3.8) is 0 Å². The number of carbonyl (C=O) groups excluding carboxylic acids is 2. The summed E-state index contributed by atoms with van der Waals surface area (Å²) in [5.74, 6) is 0.762. The van der Waals surface area contributed by atoms with Crippen molar-refractivity contribution in [2.24, 2.45) is 17.8 Å². The smallest absolute Gasteiger partial charge is 0.139 e. The molecular weight excluding hydrogens is 274 g/mol. The number of hydrogen-bond donors (Lipinski definition) is 0. The maximum Gasteiger partial charge on any atom is 0.139 e. The molecule has 22 heavy (non-hydrogen) atoms. The van der Waals surface area contributed by atoms with Crippen LogP contribution in [0.15, 0.2) is 0 Å². The summed E-state index contributed by atoms with van der Waals surface area (Å²) in [5, 5.41) is 0. The number of hydrogen-bond acceptors (Lipinski definition) is 3. The summed E-state index contributed by atoms with van der Waals surface area (Å²) in [7, 11) is 0. The van der Waals surface area contributed by atoms with Gasteiger partial charge < -0.3 is 4.90 Å². The Balaban J connectivity index is 1.79. The number of ketones is 2. The third kappa shape index (κ3) is 4.91. The Bertz CT molecular complexity index is 372. The second kappa shape index (κ2) is 8.81. The van der Waals surface area contributed by atoms with E-state index in [-0.39, 0.29) is 17.8 Å². The third-order valence-electron chi connectivity index (χ3n) is 5.46. The molecule has 0 N–H and O–H groups in total. The van der Waals surface area contributed by atoms with Crippen LogP contribution in [0.2, 0.25) is 0 Å². The van der Waals surface area contributed by atoms with Crippen LogP contribution in [0.1, 0.15) is 71.6 Å². The van der Waals surface area contributed by atoms with Crippen LogP contribution in [-0.2, 0) is 9.59 Å². The first-order chi connectivity index (χ1) is 10.6. The molecule has 2 fully saturated rings. The molecule has 0 aromatic carbocycles. The Labute approximate surface area is 135 Å². The van der Waals surface area contributed by atoms with E-state index in [0.717, 1.165) is 38.6 Å². The van der Waals surface area contributed by atoms with Gasteiger partial charge in [0, 0.05) is 24.2 Å². The average molecular weight is 307 g/mol. The molecule has 1 aliphatic heterocycles. The van der Waals surface area contributed by atoms with Gasteiger partial charge in [-0.15, -0.1) is 0 Å². The number of piperidine rings is 1. The zero-order valence-electron chi connectivity index (χ0n) is 14.5. The first-order valence-electron chi connectivity index (χ1n) is 9.38. The number of likely N-dealkylation sites (tertiary alicyclic amines) is 1. The molecule has 0 aromatic heterocycles. The van der Waals surface area contributed by atoms with Crippen LogP contribution in [-0.4, -0.2) is 36.1 Å². The molecule has 3 heteroatoms. The van der Waals surface area contributed by atoms with E-state index >= 15 is 0 Å². The van der Waals surface area contributed by atoms with Gasteiger partial charge in [-0.1, -0.05) is 33.1 Å². The fraction of sp³-hybridized carbons (Fsp3) is 0.895. The maximum atomic E-state index is 12.6. The van der Waals surface area contributed by atoms with E-state index in [0.29, 0.717) is 18.0 Å². The molecule has 0 radical (unpaired) electrons. The van der Waals surface area contributed by atoms with E-state index < -0.39 is 0 Å². The zero-order chi connectivity index (χ0) is 15.9. The molecular formula is C19H33NO2. The van der Waals surface area contributed by atoms with Crippen molar-refractivity contribution in [2.45, 2.75) is 71.6 Å². The van der Waals surface area contributed by atoms with E-state index in [1.807, 2.05) is 13.8 Å². The summed E-state index contributed by atoms with van der Waals surface area (Å²) in [5.41, 5.74) is 0. The lowest BCUT2D eigenvalue weighted by atomic mass is 9.72. The first kappa shape index (κ1) is 17.7. The van der Waals surface area contributed by atoms with Crippen LogP contribution >= 0.6 is 0 Å². The molecule has 1 saturated carbocycles. The molecule has 1 aliphatic carbocycles. The molecule has 2 atom stereocenters. The third-order valence-corrected chi connectivity index (χ3v) is 5.46. The van der Waals surface area contributed by atoms with E-state index in [1.54, 1.807) is 0 Å². The predicted molar refractivity (Wildman–Crippen MR) is 89.8 cm³/mol. The van der Waals surface area contributed by atoms with Gasteiger partial charge in [-0.3, -0.25) is 9.59 Å². The summed E-state index contributed by atoms with van der Waals surface area (Å²) < 4.78 is 0. The van der Waals surface area contributed by atoms with Crippen LogP contribution in [0.5, 0.6) is 0 Å². The van der Waals surface area contributed by atoms with Gasteiger partial charge in [0.2, 0.25) is 0 Å². The van der Waals surface area contributed by atoms with E-state index in [9.17, 15) is 9.59 Å². The highest BCUT2D eigenvalue weighted by molar-refractivity contribution is 5.90. The van der Waals surface area contributed by atoms with Crippen LogP contribution in [0.4, 0.5) is 0 Å². The van der Waals surface area contributed by atoms with Crippen LogP contribution in [0, 0.1) is 17.8 Å². The fourth-order valence-corrected chi connectivity index (χ4v) is 4.13. The summed E-state index contributed by atoms with van der Waals surface area (Å²) in [4.78, 5) is 27.5. The minimum Gasteiger partial charge on any atom is -0.303 e. The van der Waals surface area contributed by atoms with Gasteiger partial charge in [0.05, 0.1) is 0 Å². The lowest BCUT2D eigenvalue weighted by molar-refractivity contribution is -0.136. The SMILES string of the molecule is CC(C)C(=O)C1CCCCC1C(=O)CCCN1CCCCC1. The van der Waals surface area contributed by atoms with E-state index in [2.05, 4.69) is 4.90 Å². The van der Waals surface area contributed by atoms with Crippen LogP contribution in [0.3, 0.4) is 0 Å². The Morgan fingerprint density at radius 1 is 0.955 bits per heavy atom. The predicted octanol–water partition coefficient (Wildman–Crippen LogP) is 3.85. The summed E-state index contributed by atoms with van der Waals surface area (Å²) in [6.07, 6.45) is 9.71. The Morgan fingerprint density at radius 3 is 2.23 bits per heavy atom. The highest BCUT2D eigenvalue weighted by Gasteiger charge is 2.35. The molecule has 2 aliphatic rings. The minimum absolute atomic E-state index is 0.0104. The van der Waals surface area contributed by atoms with Gasteiger partial charge in [-0.05, 0) is 51.7 Å². The van der Waals surface area contributed by atoms with Gasteiger partial charge >= 0.3 is 0 Å². The summed E-state index contributed by atoms with van der Waals surface area (Å²) >= 11 is 0. The second-order valence-electron chi connectivity index (χ2n) is 7.53. The van der Waals surface area contributed by atoms with Crippen molar-refractivity contribution < 1.29 is 9.59 Å². The molecule has 0 bridgehead atoms. The van der Waals surface area contributed by atoms with Crippen molar-refractivity contribution in [1.82, 2.24) is 4.90 Å². The standard InChI is InChI=1S/C19H33NO2/c1-15(2)19(22)17-10-5-4-9-16(17)18(21)11-8-14-20-12-6-3-7-13-20/h15-17H,3-14H2,1-2H3. The molecule has 2 rings (SSSR count). The Hall–Kier alpha value is -0.700. The lowest BCUT2D eigenvalue weighted by Crippen LogP contribution is -2.35. The molecule has 0 amide bonds. The molecule has 0 spiro atoms. The molecule has 1 heterocycles. The minimum atomic E-state index is 0.0104. The van der Waals surface area contributed by atoms with Crippen molar-refractivity contribution in [3.05, 3.63) is 0 Å². The quantitative estimate of drug-likeness (QED) is 0.717. The molecule has 2 unspecified atom stereocenters. The number of rotatable bonds is 7. The Kier molecular flexibility index (Phi) is 7.07.